The summed E-state index contributed by atoms with van der Waals surface area (Å²) in [6.45, 7) is 1.79. The van der Waals surface area contributed by atoms with Crippen LogP contribution in [0.15, 0.2) is 58.7 Å². The lowest BCUT2D eigenvalue weighted by atomic mass is 10.1. The van der Waals surface area contributed by atoms with Crippen LogP contribution in [0, 0.1) is 5.82 Å². The molecule has 2 aromatic rings. The Morgan fingerprint density at radius 2 is 1.88 bits per heavy atom. The number of benzene rings is 2. The summed E-state index contributed by atoms with van der Waals surface area (Å²) in [6.07, 6.45) is 0.597. The molecular weight excluding hydrogens is 353 g/mol. The predicted molar refractivity (Wildman–Crippen MR) is 102 cm³/mol. The van der Waals surface area contributed by atoms with Crippen LogP contribution in [-0.2, 0) is 11.2 Å². The first-order valence-corrected chi connectivity index (χ1v) is 8.92. The Morgan fingerprint density at radius 1 is 1.19 bits per heavy atom. The molecule has 0 bridgehead atoms. The molecule has 1 heterocycles. The first kappa shape index (κ1) is 18.1. The number of halogens is 1. The molecule has 1 aliphatic rings. The smallest absolute Gasteiger partial charge is 0.239 e. The van der Waals surface area contributed by atoms with E-state index in [1.165, 1.54) is 23.9 Å². The van der Waals surface area contributed by atoms with Gasteiger partial charge in [0.05, 0.1) is 18.1 Å². The molecule has 1 atom stereocenters. The molecule has 1 saturated heterocycles. The van der Waals surface area contributed by atoms with Gasteiger partial charge in [-0.15, -0.1) is 5.10 Å². The molecule has 0 unspecified atom stereocenters. The fourth-order valence-corrected chi connectivity index (χ4v) is 3.39. The molecule has 0 saturated carbocycles. The van der Waals surface area contributed by atoms with Crippen LogP contribution in [0.4, 0.5) is 4.39 Å². The number of amidine groups is 1. The second-order valence-corrected chi connectivity index (χ2v) is 6.94. The number of rotatable bonds is 5. The third kappa shape index (κ3) is 4.49. The van der Waals surface area contributed by atoms with Gasteiger partial charge in [0.1, 0.15) is 11.6 Å². The fourth-order valence-electron chi connectivity index (χ4n) is 2.43. The van der Waals surface area contributed by atoms with Gasteiger partial charge in [-0.05, 0) is 48.7 Å². The summed E-state index contributed by atoms with van der Waals surface area (Å²) in [7, 11) is 1.62. The largest absolute Gasteiger partial charge is 0.497 e. The Kier molecular flexibility index (Phi) is 5.68. The molecule has 1 amide bonds. The highest BCUT2D eigenvalue weighted by atomic mass is 32.2. The zero-order chi connectivity index (χ0) is 18.5. The van der Waals surface area contributed by atoms with Gasteiger partial charge in [-0.2, -0.15) is 5.10 Å². The average molecular weight is 371 g/mol. The van der Waals surface area contributed by atoms with Crippen molar-refractivity contribution in [3.8, 4) is 5.75 Å². The summed E-state index contributed by atoms with van der Waals surface area (Å²) in [5.74, 6) is 0.400. The van der Waals surface area contributed by atoms with Crippen molar-refractivity contribution in [2.24, 2.45) is 10.2 Å². The van der Waals surface area contributed by atoms with E-state index in [2.05, 4.69) is 15.5 Å². The Hall–Kier alpha value is -2.67. The number of nitrogens with one attached hydrogen (secondary N) is 1. The van der Waals surface area contributed by atoms with E-state index in [0.717, 1.165) is 16.9 Å². The van der Waals surface area contributed by atoms with Crippen molar-refractivity contribution in [3.63, 3.8) is 0 Å². The Morgan fingerprint density at radius 3 is 2.54 bits per heavy atom. The van der Waals surface area contributed by atoms with E-state index in [-0.39, 0.29) is 17.0 Å². The van der Waals surface area contributed by atoms with E-state index in [9.17, 15) is 9.18 Å². The van der Waals surface area contributed by atoms with E-state index >= 15 is 0 Å². The fraction of sp³-hybridized carbons (Fsp3) is 0.211. The number of amides is 1. The lowest BCUT2D eigenvalue weighted by Crippen LogP contribution is -2.25. The lowest BCUT2D eigenvalue weighted by molar-refractivity contribution is -0.118. The van der Waals surface area contributed by atoms with Gasteiger partial charge in [0, 0.05) is 0 Å². The second-order valence-electron chi connectivity index (χ2n) is 5.75. The van der Waals surface area contributed by atoms with Crippen LogP contribution in [0.1, 0.15) is 18.1 Å². The van der Waals surface area contributed by atoms with Crippen LogP contribution in [0.3, 0.4) is 0 Å². The first-order valence-electron chi connectivity index (χ1n) is 8.04. The Labute approximate surface area is 155 Å². The first-order chi connectivity index (χ1) is 12.5. The van der Waals surface area contributed by atoms with E-state index in [1.54, 1.807) is 26.2 Å². The average Bonchev–Trinajstić information content (AvgIpc) is 3.00. The maximum absolute atomic E-state index is 13.0. The zero-order valence-electron chi connectivity index (χ0n) is 14.4. The summed E-state index contributed by atoms with van der Waals surface area (Å²) >= 11 is 1.35. The van der Waals surface area contributed by atoms with Crippen LogP contribution >= 0.6 is 11.8 Å². The molecule has 2 aromatic carbocycles. The monoisotopic (exact) mass is 371 g/mol. The Bertz CT molecular complexity index is 848. The van der Waals surface area contributed by atoms with Crippen molar-refractivity contribution in [2.45, 2.75) is 18.6 Å². The van der Waals surface area contributed by atoms with Crippen molar-refractivity contribution in [2.75, 3.05) is 7.11 Å². The van der Waals surface area contributed by atoms with Crippen LogP contribution in [0.5, 0.6) is 5.75 Å². The molecule has 0 aliphatic carbocycles. The molecule has 3 rings (SSSR count). The lowest BCUT2D eigenvalue weighted by Gasteiger charge is -2.06. The molecular formula is C19H18FN3O2S. The van der Waals surface area contributed by atoms with Gasteiger partial charge < -0.3 is 10.1 Å². The van der Waals surface area contributed by atoms with Gasteiger partial charge in [0.2, 0.25) is 5.91 Å². The van der Waals surface area contributed by atoms with Crippen molar-refractivity contribution < 1.29 is 13.9 Å². The second kappa shape index (κ2) is 8.14. The van der Waals surface area contributed by atoms with Crippen LogP contribution < -0.4 is 10.1 Å². The molecule has 1 aliphatic heterocycles. The molecule has 0 aromatic heterocycles. The summed E-state index contributed by atoms with van der Waals surface area (Å²) < 4.78 is 18.1. The maximum atomic E-state index is 13.0. The standard InChI is InChI=1S/C19H18FN3O2S/c1-12(14-5-7-15(20)8-6-14)22-23-19-21-18(24)17(26-19)11-13-3-9-16(25-2)10-4-13/h3-10,17H,11H2,1-2H3,(H,21,23,24)/b22-12+/t17-/m1/s1. The molecule has 0 radical (unpaired) electrons. The SMILES string of the molecule is COc1ccc(C[C@H]2S/C(=N/N=C(\C)c3ccc(F)cc3)NC2=O)cc1. The van der Waals surface area contributed by atoms with Crippen molar-refractivity contribution in [3.05, 3.63) is 65.5 Å². The predicted octanol–water partition coefficient (Wildman–Crippen LogP) is 3.39. The van der Waals surface area contributed by atoms with E-state index < -0.39 is 0 Å². The minimum atomic E-state index is -0.298. The number of ether oxygens (including phenoxy) is 1. The number of thioether (sulfide) groups is 1. The van der Waals surface area contributed by atoms with Crippen LogP contribution in [-0.4, -0.2) is 29.1 Å². The number of hydrogen-bond donors (Lipinski definition) is 1. The zero-order valence-corrected chi connectivity index (χ0v) is 15.2. The normalized spacial score (nSPS) is 18.9. The molecule has 1 N–H and O–H groups in total. The number of nitrogens with zero attached hydrogens (tertiary/aromatic N) is 2. The molecule has 26 heavy (non-hydrogen) atoms. The Balaban J connectivity index is 1.65. The molecule has 0 spiro atoms. The van der Waals surface area contributed by atoms with Crippen molar-refractivity contribution in [1.29, 1.82) is 0 Å². The van der Waals surface area contributed by atoms with Gasteiger partial charge in [-0.25, -0.2) is 4.39 Å². The highest BCUT2D eigenvalue weighted by Gasteiger charge is 2.30. The van der Waals surface area contributed by atoms with Gasteiger partial charge in [0.25, 0.3) is 0 Å². The topological polar surface area (TPSA) is 63.1 Å². The summed E-state index contributed by atoms with van der Waals surface area (Å²) in [5, 5.41) is 11.2. The number of carbonyl (C=O) groups is 1. The minimum Gasteiger partial charge on any atom is -0.497 e. The highest BCUT2D eigenvalue weighted by Crippen LogP contribution is 2.24. The molecule has 1 fully saturated rings. The number of carbonyl (C=O) groups excluding carboxylic acids is 1. The minimum absolute atomic E-state index is 0.0841. The summed E-state index contributed by atoms with van der Waals surface area (Å²) in [4.78, 5) is 12.1. The van der Waals surface area contributed by atoms with Crippen molar-refractivity contribution >= 4 is 28.5 Å². The van der Waals surface area contributed by atoms with Crippen molar-refractivity contribution in [1.82, 2.24) is 5.32 Å². The molecule has 5 nitrogen and oxygen atoms in total. The van der Waals surface area contributed by atoms with E-state index in [1.807, 2.05) is 24.3 Å². The van der Waals surface area contributed by atoms with E-state index in [4.69, 9.17) is 4.74 Å². The number of methoxy groups -OCH3 is 1. The number of hydrogen-bond acceptors (Lipinski definition) is 5. The van der Waals surface area contributed by atoms with Gasteiger partial charge >= 0.3 is 0 Å². The van der Waals surface area contributed by atoms with Crippen LogP contribution in [0.25, 0.3) is 0 Å². The van der Waals surface area contributed by atoms with Crippen LogP contribution in [0.2, 0.25) is 0 Å². The molecule has 7 heteroatoms. The van der Waals surface area contributed by atoms with Gasteiger partial charge in [0.15, 0.2) is 5.17 Å². The molecule has 134 valence electrons. The maximum Gasteiger partial charge on any atom is 0.239 e. The van der Waals surface area contributed by atoms with Gasteiger partial charge in [-0.1, -0.05) is 36.0 Å². The third-order valence-corrected chi connectivity index (χ3v) is 4.98. The van der Waals surface area contributed by atoms with E-state index in [0.29, 0.717) is 17.3 Å². The summed E-state index contributed by atoms with van der Waals surface area (Å²) in [5.41, 5.74) is 2.47. The summed E-state index contributed by atoms with van der Waals surface area (Å²) in [6, 6.07) is 13.7. The van der Waals surface area contributed by atoms with Gasteiger partial charge in [-0.3, -0.25) is 4.79 Å². The quantitative estimate of drug-likeness (QED) is 0.647. The highest BCUT2D eigenvalue weighted by molar-refractivity contribution is 8.15. The third-order valence-electron chi connectivity index (χ3n) is 3.91.